The molecule has 0 saturated carbocycles. The number of hydrogen-bond donors (Lipinski definition) is 0. The van der Waals surface area contributed by atoms with Crippen LogP contribution in [0.25, 0.3) is 11.0 Å². The van der Waals surface area contributed by atoms with E-state index in [-0.39, 0.29) is 36.3 Å². The molecular weight excluding hydrogens is 434 g/mol. The van der Waals surface area contributed by atoms with Crippen molar-refractivity contribution in [3.63, 3.8) is 0 Å². The van der Waals surface area contributed by atoms with Gasteiger partial charge in [0.25, 0.3) is 0 Å². The molecule has 0 unspecified atom stereocenters. The fourth-order valence-electron chi connectivity index (χ4n) is 4.32. The van der Waals surface area contributed by atoms with Gasteiger partial charge < -0.3 is 9.47 Å². The summed E-state index contributed by atoms with van der Waals surface area (Å²) in [5.41, 5.74) is 1.94. The fraction of sp³-hybridized carbons (Fsp3) is 0.200. The molecular formula is C25H19F4N3O. The third kappa shape index (κ3) is 4.08. The second kappa shape index (κ2) is 8.03. The van der Waals surface area contributed by atoms with Crippen molar-refractivity contribution in [2.45, 2.75) is 25.1 Å². The van der Waals surface area contributed by atoms with Crippen LogP contribution < -0.4 is 4.90 Å². The van der Waals surface area contributed by atoms with E-state index in [4.69, 9.17) is 4.98 Å². The van der Waals surface area contributed by atoms with Gasteiger partial charge >= 0.3 is 6.18 Å². The molecule has 4 nitrogen and oxygen atoms in total. The maximum atomic E-state index is 13.4. The molecule has 0 N–H and O–H groups in total. The van der Waals surface area contributed by atoms with E-state index in [2.05, 4.69) is 0 Å². The number of carbonyl (C=O) groups excluding carboxylic acids is 1. The molecule has 5 rings (SSSR count). The van der Waals surface area contributed by atoms with Gasteiger partial charge in [-0.1, -0.05) is 30.3 Å². The number of benzene rings is 3. The molecule has 1 aliphatic rings. The number of amides is 1. The molecule has 8 heteroatoms. The van der Waals surface area contributed by atoms with Gasteiger partial charge in [0.05, 0.1) is 16.6 Å². The Labute approximate surface area is 187 Å². The number of alkyl halides is 3. The maximum absolute atomic E-state index is 13.4. The van der Waals surface area contributed by atoms with E-state index in [0.29, 0.717) is 12.4 Å². The number of aromatic nitrogens is 2. The Bertz CT molecular complexity index is 1330. The summed E-state index contributed by atoms with van der Waals surface area (Å²) in [6.45, 7) is 0.664. The van der Waals surface area contributed by atoms with Crippen LogP contribution in [0.5, 0.6) is 0 Å². The van der Waals surface area contributed by atoms with Crippen molar-refractivity contribution >= 4 is 22.6 Å². The Balaban J connectivity index is 1.50. The highest BCUT2D eigenvalue weighted by Crippen LogP contribution is 2.36. The van der Waals surface area contributed by atoms with E-state index in [1.54, 1.807) is 12.1 Å². The first kappa shape index (κ1) is 21.2. The predicted molar refractivity (Wildman–Crippen MR) is 116 cm³/mol. The van der Waals surface area contributed by atoms with Crippen molar-refractivity contribution in [3.8, 4) is 0 Å². The Morgan fingerprint density at radius 2 is 1.73 bits per heavy atom. The largest absolute Gasteiger partial charge is 0.416 e. The molecule has 1 saturated heterocycles. The van der Waals surface area contributed by atoms with Crippen LogP contribution in [0.2, 0.25) is 0 Å². The Hall–Kier alpha value is -3.68. The summed E-state index contributed by atoms with van der Waals surface area (Å²) < 4.78 is 54.8. The lowest BCUT2D eigenvalue weighted by atomic mass is 10.1. The number of para-hydroxylation sites is 2. The van der Waals surface area contributed by atoms with E-state index in [1.165, 1.54) is 29.2 Å². The maximum Gasteiger partial charge on any atom is 0.416 e. The lowest BCUT2D eigenvalue weighted by molar-refractivity contribution is -0.137. The average molecular weight is 453 g/mol. The van der Waals surface area contributed by atoms with E-state index in [1.807, 2.05) is 28.8 Å². The van der Waals surface area contributed by atoms with Crippen LogP contribution in [0, 0.1) is 5.82 Å². The molecule has 168 valence electrons. The van der Waals surface area contributed by atoms with Gasteiger partial charge in [-0.2, -0.15) is 13.2 Å². The molecule has 0 radical (unpaired) electrons. The minimum absolute atomic E-state index is 0.142. The Morgan fingerprint density at radius 3 is 2.48 bits per heavy atom. The van der Waals surface area contributed by atoms with Gasteiger partial charge in [-0.05, 0) is 48.0 Å². The van der Waals surface area contributed by atoms with Crippen molar-refractivity contribution in [1.29, 1.82) is 0 Å². The highest BCUT2D eigenvalue weighted by molar-refractivity contribution is 5.96. The van der Waals surface area contributed by atoms with E-state index >= 15 is 0 Å². The van der Waals surface area contributed by atoms with Crippen LogP contribution in [-0.2, 0) is 17.5 Å². The van der Waals surface area contributed by atoms with Crippen LogP contribution in [-0.4, -0.2) is 22.0 Å². The number of rotatable bonds is 4. The predicted octanol–water partition coefficient (Wildman–Crippen LogP) is 5.76. The van der Waals surface area contributed by atoms with Gasteiger partial charge in [0.15, 0.2) is 0 Å². The normalized spacial score (nSPS) is 16.7. The third-order valence-electron chi connectivity index (χ3n) is 5.91. The molecule has 1 aromatic heterocycles. The molecule has 1 fully saturated rings. The number of anilines is 1. The van der Waals surface area contributed by atoms with Gasteiger partial charge in [0, 0.05) is 31.1 Å². The number of halogens is 4. The van der Waals surface area contributed by atoms with E-state index < -0.39 is 11.7 Å². The van der Waals surface area contributed by atoms with Crippen LogP contribution in [0.15, 0.2) is 72.8 Å². The summed E-state index contributed by atoms with van der Waals surface area (Å²) >= 11 is 0. The first-order valence-corrected chi connectivity index (χ1v) is 10.5. The lowest BCUT2D eigenvalue weighted by Gasteiger charge is -2.19. The highest BCUT2D eigenvalue weighted by Gasteiger charge is 2.36. The van der Waals surface area contributed by atoms with Crippen molar-refractivity contribution in [1.82, 2.24) is 9.55 Å². The van der Waals surface area contributed by atoms with Crippen molar-refractivity contribution in [3.05, 3.63) is 95.6 Å². The first-order chi connectivity index (χ1) is 15.8. The highest BCUT2D eigenvalue weighted by atomic mass is 19.4. The summed E-state index contributed by atoms with van der Waals surface area (Å²) in [4.78, 5) is 19.0. The summed E-state index contributed by atoms with van der Waals surface area (Å²) in [5.74, 6) is -0.185. The first-order valence-electron chi connectivity index (χ1n) is 10.5. The minimum atomic E-state index is -4.48. The molecule has 33 heavy (non-hydrogen) atoms. The molecule has 3 aromatic carbocycles. The van der Waals surface area contributed by atoms with Crippen molar-refractivity contribution in [2.75, 3.05) is 11.4 Å². The number of carbonyl (C=O) groups is 1. The molecule has 0 spiro atoms. The zero-order valence-electron chi connectivity index (χ0n) is 17.4. The summed E-state index contributed by atoms with van der Waals surface area (Å²) in [5, 5.41) is 0. The minimum Gasteiger partial charge on any atom is -0.323 e. The van der Waals surface area contributed by atoms with Crippen molar-refractivity contribution in [2.24, 2.45) is 0 Å². The zero-order chi connectivity index (χ0) is 23.2. The number of imidazole rings is 1. The van der Waals surface area contributed by atoms with Gasteiger partial charge in [0.1, 0.15) is 11.6 Å². The lowest BCUT2D eigenvalue weighted by Crippen LogP contribution is -2.25. The third-order valence-corrected chi connectivity index (χ3v) is 5.91. The van der Waals surface area contributed by atoms with Crippen LogP contribution in [0.4, 0.5) is 23.2 Å². The number of hydrogen-bond acceptors (Lipinski definition) is 2. The molecule has 0 aliphatic carbocycles. The van der Waals surface area contributed by atoms with Crippen LogP contribution in [0.3, 0.4) is 0 Å². The SMILES string of the molecule is O=C1C[C@H](c2nc3ccccc3n2Cc2ccc(F)cc2)CN1c1cccc(C(F)(F)F)c1. The van der Waals surface area contributed by atoms with Crippen molar-refractivity contribution < 1.29 is 22.4 Å². The number of nitrogens with zero attached hydrogens (tertiary/aromatic N) is 3. The quantitative estimate of drug-likeness (QED) is 0.369. The van der Waals surface area contributed by atoms with E-state index in [0.717, 1.165) is 28.7 Å². The summed E-state index contributed by atoms with van der Waals surface area (Å²) in [6.07, 6.45) is -4.34. The Morgan fingerprint density at radius 1 is 0.970 bits per heavy atom. The van der Waals surface area contributed by atoms with Gasteiger partial charge in [0.2, 0.25) is 5.91 Å². The molecule has 1 amide bonds. The molecule has 4 aromatic rings. The summed E-state index contributed by atoms with van der Waals surface area (Å²) in [7, 11) is 0. The van der Waals surface area contributed by atoms with Gasteiger partial charge in [-0.15, -0.1) is 0 Å². The monoisotopic (exact) mass is 453 g/mol. The smallest absolute Gasteiger partial charge is 0.323 e. The second-order valence-electron chi connectivity index (χ2n) is 8.12. The number of fused-ring (bicyclic) bond motifs is 1. The van der Waals surface area contributed by atoms with Crippen LogP contribution in [0.1, 0.15) is 29.3 Å². The zero-order valence-corrected chi connectivity index (χ0v) is 17.4. The standard InChI is InChI=1S/C25H19F4N3O/c26-19-10-8-16(9-11-19)14-32-22-7-2-1-6-21(22)30-24(32)17-12-23(33)31(15-17)20-5-3-4-18(13-20)25(27,28)29/h1-11,13,17H,12,14-15H2/t17-/m0/s1. The molecule has 2 heterocycles. The Kier molecular flexibility index (Phi) is 5.15. The fourth-order valence-corrected chi connectivity index (χ4v) is 4.32. The van der Waals surface area contributed by atoms with Crippen LogP contribution >= 0.6 is 0 Å². The molecule has 0 bridgehead atoms. The van der Waals surface area contributed by atoms with E-state index in [9.17, 15) is 22.4 Å². The van der Waals surface area contributed by atoms with Gasteiger partial charge in [-0.25, -0.2) is 9.37 Å². The molecule has 1 aliphatic heterocycles. The topological polar surface area (TPSA) is 38.1 Å². The average Bonchev–Trinajstić information content (AvgIpc) is 3.35. The molecule has 1 atom stereocenters. The van der Waals surface area contributed by atoms with Gasteiger partial charge in [-0.3, -0.25) is 4.79 Å². The summed E-state index contributed by atoms with van der Waals surface area (Å²) in [6, 6.07) is 18.6. The second-order valence-corrected chi connectivity index (χ2v) is 8.12.